The molecule has 0 aliphatic carbocycles. The first-order valence-electron chi connectivity index (χ1n) is 5.95. The Balaban J connectivity index is 2.45. The summed E-state index contributed by atoms with van der Waals surface area (Å²) >= 11 is 0. The van der Waals surface area contributed by atoms with Crippen LogP contribution in [0.5, 0.6) is 0 Å². The van der Waals surface area contributed by atoms with Crippen molar-refractivity contribution in [2.24, 2.45) is 0 Å². The summed E-state index contributed by atoms with van der Waals surface area (Å²) in [7, 11) is 0. The third-order valence-electron chi connectivity index (χ3n) is 3.08. The number of carbonyl (C=O) groups is 1. The minimum atomic E-state index is -1.03. The maximum Gasteiger partial charge on any atom is 0.337 e. The number of rotatable bonds is 3. The number of aromatic carboxylic acids is 1. The molecule has 4 N–H and O–H groups in total. The van der Waals surface area contributed by atoms with Gasteiger partial charge in [-0.05, 0) is 37.1 Å². The fourth-order valence-electron chi connectivity index (χ4n) is 2.01. The quantitative estimate of drug-likeness (QED) is 0.736. The standard InChI is InChI=1S/C15H16N2O2/c1-9-5-3-6-10(2)14(9)17-12-8-4-7-11(13(12)16)15(18)19/h3-8,17H,16H2,1-2H3,(H,18,19). The molecule has 2 aromatic carbocycles. The zero-order valence-electron chi connectivity index (χ0n) is 10.9. The number of nitrogen functional groups attached to an aromatic ring is 1. The highest BCUT2D eigenvalue weighted by Crippen LogP contribution is 2.29. The summed E-state index contributed by atoms with van der Waals surface area (Å²) in [5.41, 5.74) is 9.98. The molecular weight excluding hydrogens is 240 g/mol. The molecule has 0 amide bonds. The summed E-state index contributed by atoms with van der Waals surface area (Å²) in [5, 5.41) is 12.3. The van der Waals surface area contributed by atoms with E-state index in [0.717, 1.165) is 16.8 Å². The van der Waals surface area contributed by atoms with Crippen molar-refractivity contribution in [3.63, 3.8) is 0 Å². The van der Waals surface area contributed by atoms with Crippen LogP contribution in [0.3, 0.4) is 0 Å². The van der Waals surface area contributed by atoms with E-state index in [-0.39, 0.29) is 11.3 Å². The Kier molecular flexibility index (Phi) is 3.42. The van der Waals surface area contributed by atoms with Gasteiger partial charge in [0.15, 0.2) is 0 Å². The molecule has 0 unspecified atom stereocenters. The van der Waals surface area contributed by atoms with Gasteiger partial charge < -0.3 is 16.2 Å². The highest BCUT2D eigenvalue weighted by molar-refractivity contribution is 5.97. The van der Waals surface area contributed by atoms with Gasteiger partial charge in [0.1, 0.15) is 0 Å². The minimum absolute atomic E-state index is 0.108. The molecule has 0 saturated heterocycles. The third kappa shape index (κ3) is 2.52. The van der Waals surface area contributed by atoms with Crippen molar-refractivity contribution in [3.05, 3.63) is 53.1 Å². The summed E-state index contributed by atoms with van der Waals surface area (Å²) in [5.74, 6) is -1.03. The van der Waals surface area contributed by atoms with E-state index < -0.39 is 5.97 Å². The van der Waals surface area contributed by atoms with E-state index in [4.69, 9.17) is 10.8 Å². The number of anilines is 3. The Morgan fingerprint density at radius 1 is 1.11 bits per heavy atom. The Morgan fingerprint density at radius 3 is 2.26 bits per heavy atom. The monoisotopic (exact) mass is 256 g/mol. The second-order valence-electron chi connectivity index (χ2n) is 4.46. The molecule has 2 aromatic rings. The predicted octanol–water partition coefficient (Wildman–Crippen LogP) is 3.33. The molecule has 0 aliphatic rings. The molecule has 4 heteroatoms. The van der Waals surface area contributed by atoms with Crippen molar-refractivity contribution in [2.45, 2.75) is 13.8 Å². The SMILES string of the molecule is Cc1cccc(C)c1Nc1cccc(C(=O)O)c1N. The lowest BCUT2D eigenvalue weighted by molar-refractivity contribution is 0.0698. The topological polar surface area (TPSA) is 75.3 Å². The summed E-state index contributed by atoms with van der Waals surface area (Å²) in [6, 6.07) is 10.9. The molecule has 0 bridgehead atoms. The van der Waals surface area contributed by atoms with Gasteiger partial charge in [-0.15, -0.1) is 0 Å². The van der Waals surface area contributed by atoms with Crippen LogP contribution in [-0.4, -0.2) is 11.1 Å². The average molecular weight is 256 g/mol. The van der Waals surface area contributed by atoms with Crippen LogP contribution in [0.15, 0.2) is 36.4 Å². The maximum atomic E-state index is 11.1. The fraction of sp³-hybridized carbons (Fsp3) is 0.133. The molecule has 19 heavy (non-hydrogen) atoms. The van der Waals surface area contributed by atoms with Crippen molar-refractivity contribution in [1.82, 2.24) is 0 Å². The van der Waals surface area contributed by atoms with E-state index in [1.54, 1.807) is 12.1 Å². The van der Waals surface area contributed by atoms with Gasteiger partial charge in [0.2, 0.25) is 0 Å². The van der Waals surface area contributed by atoms with Crippen LogP contribution in [0.25, 0.3) is 0 Å². The van der Waals surface area contributed by atoms with Gasteiger partial charge in [0.25, 0.3) is 0 Å². The van der Waals surface area contributed by atoms with E-state index in [2.05, 4.69) is 5.32 Å². The first-order valence-corrected chi connectivity index (χ1v) is 5.95. The number of nitrogens with two attached hydrogens (primary N) is 1. The largest absolute Gasteiger partial charge is 0.478 e. The molecule has 0 spiro atoms. The second kappa shape index (κ2) is 5.02. The van der Waals surface area contributed by atoms with E-state index >= 15 is 0 Å². The molecule has 0 fully saturated rings. The van der Waals surface area contributed by atoms with Gasteiger partial charge in [0, 0.05) is 5.69 Å². The summed E-state index contributed by atoms with van der Waals surface area (Å²) in [6.45, 7) is 3.99. The first kappa shape index (κ1) is 13.0. The van der Waals surface area contributed by atoms with Crippen LogP contribution in [0.1, 0.15) is 21.5 Å². The van der Waals surface area contributed by atoms with Crippen molar-refractivity contribution < 1.29 is 9.90 Å². The number of hydrogen-bond acceptors (Lipinski definition) is 3. The summed E-state index contributed by atoms with van der Waals surface area (Å²) in [6.07, 6.45) is 0. The molecule has 2 rings (SSSR count). The van der Waals surface area contributed by atoms with E-state index in [1.807, 2.05) is 32.0 Å². The Bertz CT molecular complexity index is 616. The number of nitrogens with one attached hydrogen (secondary N) is 1. The molecular formula is C15H16N2O2. The third-order valence-corrected chi connectivity index (χ3v) is 3.08. The van der Waals surface area contributed by atoms with Gasteiger partial charge in [0.05, 0.1) is 16.9 Å². The molecule has 0 saturated carbocycles. The van der Waals surface area contributed by atoms with Gasteiger partial charge in [-0.2, -0.15) is 0 Å². The van der Waals surface area contributed by atoms with Crippen molar-refractivity contribution in [2.75, 3.05) is 11.1 Å². The van der Waals surface area contributed by atoms with Gasteiger partial charge >= 0.3 is 5.97 Å². The zero-order valence-corrected chi connectivity index (χ0v) is 10.9. The lowest BCUT2D eigenvalue weighted by Crippen LogP contribution is -2.06. The molecule has 0 radical (unpaired) electrons. The normalized spacial score (nSPS) is 10.2. The minimum Gasteiger partial charge on any atom is -0.478 e. The number of benzene rings is 2. The van der Waals surface area contributed by atoms with Crippen molar-refractivity contribution in [3.8, 4) is 0 Å². The van der Waals surface area contributed by atoms with E-state index in [9.17, 15) is 4.79 Å². The zero-order chi connectivity index (χ0) is 14.0. The van der Waals surface area contributed by atoms with Crippen LogP contribution in [-0.2, 0) is 0 Å². The van der Waals surface area contributed by atoms with Crippen LogP contribution < -0.4 is 11.1 Å². The first-order chi connectivity index (χ1) is 9.00. The smallest absolute Gasteiger partial charge is 0.337 e. The molecule has 98 valence electrons. The highest BCUT2D eigenvalue weighted by atomic mass is 16.4. The van der Waals surface area contributed by atoms with E-state index in [0.29, 0.717) is 5.69 Å². The van der Waals surface area contributed by atoms with Crippen LogP contribution in [0.2, 0.25) is 0 Å². The second-order valence-corrected chi connectivity index (χ2v) is 4.46. The average Bonchev–Trinajstić information content (AvgIpc) is 2.35. The molecule has 0 atom stereocenters. The lowest BCUT2D eigenvalue weighted by Gasteiger charge is -2.15. The molecule has 4 nitrogen and oxygen atoms in total. The summed E-state index contributed by atoms with van der Waals surface area (Å²) in [4.78, 5) is 11.1. The Hall–Kier alpha value is -2.49. The van der Waals surface area contributed by atoms with E-state index in [1.165, 1.54) is 6.07 Å². The maximum absolute atomic E-state index is 11.1. The summed E-state index contributed by atoms with van der Waals surface area (Å²) < 4.78 is 0. The number of hydrogen-bond donors (Lipinski definition) is 3. The number of carboxylic acids is 1. The number of para-hydroxylation sites is 2. The van der Waals surface area contributed by atoms with Crippen LogP contribution in [0, 0.1) is 13.8 Å². The van der Waals surface area contributed by atoms with Crippen molar-refractivity contribution in [1.29, 1.82) is 0 Å². The van der Waals surface area contributed by atoms with Crippen LogP contribution in [0.4, 0.5) is 17.1 Å². The van der Waals surface area contributed by atoms with Crippen molar-refractivity contribution >= 4 is 23.0 Å². The molecule has 0 aliphatic heterocycles. The van der Waals surface area contributed by atoms with Gasteiger partial charge in [-0.25, -0.2) is 4.79 Å². The van der Waals surface area contributed by atoms with Gasteiger partial charge in [-0.1, -0.05) is 24.3 Å². The number of carboxylic acid groups (broad SMARTS) is 1. The lowest BCUT2D eigenvalue weighted by atomic mass is 10.1. The Labute approximate surface area is 111 Å². The van der Waals surface area contributed by atoms with Gasteiger partial charge in [-0.3, -0.25) is 0 Å². The highest BCUT2D eigenvalue weighted by Gasteiger charge is 2.12. The molecule has 0 heterocycles. The predicted molar refractivity (Wildman–Crippen MR) is 77.0 cm³/mol. The van der Waals surface area contributed by atoms with Crippen LogP contribution >= 0.6 is 0 Å². The molecule has 0 aromatic heterocycles. The number of aryl methyl sites for hydroxylation is 2. The Morgan fingerprint density at radius 2 is 1.68 bits per heavy atom. The fourth-order valence-corrected chi connectivity index (χ4v) is 2.01.